The summed E-state index contributed by atoms with van der Waals surface area (Å²) in [5.74, 6) is -0.238. The van der Waals surface area contributed by atoms with Gasteiger partial charge in [0, 0.05) is 18.0 Å². The van der Waals surface area contributed by atoms with Crippen LogP contribution in [0.1, 0.15) is 51.5 Å². The van der Waals surface area contributed by atoms with Gasteiger partial charge in [0.2, 0.25) is 0 Å². The molecule has 0 heterocycles. The van der Waals surface area contributed by atoms with Crippen LogP contribution in [0.15, 0.2) is 24.3 Å². The predicted octanol–water partition coefficient (Wildman–Crippen LogP) is 3.74. The summed E-state index contributed by atoms with van der Waals surface area (Å²) in [6, 6.07) is 6.68. The molecule has 2 amide bonds. The normalized spacial score (nSPS) is 16.5. The maximum atomic E-state index is 13.0. The molecule has 0 bridgehead atoms. The number of urea groups is 1. The van der Waals surface area contributed by atoms with E-state index in [-0.39, 0.29) is 17.3 Å². The van der Waals surface area contributed by atoms with Gasteiger partial charge in [0.25, 0.3) is 0 Å². The predicted molar refractivity (Wildman–Crippen MR) is 82.8 cm³/mol. The highest BCUT2D eigenvalue weighted by molar-refractivity contribution is 5.74. The summed E-state index contributed by atoms with van der Waals surface area (Å²) >= 11 is 0. The Morgan fingerprint density at radius 1 is 1.19 bits per heavy atom. The molecule has 0 radical (unpaired) electrons. The first-order valence-electron chi connectivity index (χ1n) is 7.78. The molecule has 4 heteroatoms. The maximum Gasteiger partial charge on any atom is 0.315 e. The number of carbonyl (C=O) groups is 1. The Bertz CT molecular complexity index is 464. The van der Waals surface area contributed by atoms with Gasteiger partial charge in [-0.25, -0.2) is 9.18 Å². The minimum Gasteiger partial charge on any atom is -0.337 e. The van der Waals surface area contributed by atoms with E-state index < -0.39 is 0 Å². The molecule has 0 unspecified atom stereocenters. The standard InChI is InChI=1S/C17H25FN2O/c1-17(2,13-8-10-14(18)11-9-13)12-19-16(21)20-15-6-4-3-5-7-15/h8-11,15H,3-7,12H2,1-2H3,(H2,19,20,21). The number of benzene rings is 1. The lowest BCUT2D eigenvalue weighted by atomic mass is 9.84. The summed E-state index contributed by atoms with van der Waals surface area (Å²) in [6.07, 6.45) is 5.83. The summed E-state index contributed by atoms with van der Waals surface area (Å²) in [7, 11) is 0. The van der Waals surface area contributed by atoms with E-state index in [2.05, 4.69) is 10.6 Å². The second-order valence-corrected chi connectivity index (χ2v) is 6.55. The minimum atomic E-state index is -0.238. The fourth-order valence-corrected chi connectivity index (χ4v) is 2.79. The third-order valence-electron chi connectivity index (χ3n) is 4.26. The second-order valence-electron chi connectivity index (χ2n) is 6.55. The summed E-state index contributed by atoms with van der Waals surface area (Å²) in [5, 5.41) is 5.98. The van der Waals surface area contributed by atoms with E-state index in [1.54, 1.807) is 12.1 Å². The molecule has 116 valence electrons. The van der Waals surface area contributed by atoms with Crippen molar-refractivity contribution in [3.05, 3.63) is 35.6 Å². The molecule has 1 fully saturated rings. The summed E-state index contributed by atoms with van der Waals surface area (Å²) in [5.41, 5.74) is 0.791. The van der Waals surface area contributed by atoms with Crippen LogP contribution in [-0.2, 0) is 5.41 Å². The Hall–Kier alpha value is -1.58. The zero-order valence-electron chi connectivity index (χ0n) is 12.9. The molecule has 2 N–H and O–H groups in total. The quantitative estimate of drug-likeness (QED) is 0.872. The fourth-order valence-electron chi connectivity index (χ4n) is 2.79. The van der Waals surface area contributed by atoms with Crippen molar-refractivity contribution in [2.24, 2.45) is 0 Å². The molecule has 3 nitrogen and oxygen atoms in total. The van der Waals surface area contributed by atoms with Crippen LogP contribution in [0, 0.1) is 5.82 Å². The molecule has 1 aliphatic rings. The van der Waals surface area contributed by atoms with Gasteiger partial charge in [-0.05, 0) is 30.5 Å². The number of rotatable bonds is 4. The third kappa shape index (κ3) is 4.73. The number of hydrogen-bond acceptors (Lipinski definition) is 1. The van der Waals surface area contributed by atoms with Crippen molar-refractivity contribution in [3.8, 4) is 0 Å². The van der Waals surface area contributed by atoms with E-state index in [4.69, 9.17) is 0 Å². The van der Waals surface area contributed by atoms with Gasteiger partial charge in [-0.3, -0.25) is 0 Å². The van der Waals surface area contributed by atoms with Crippen molar-refractivity contribution in [3.63, 3.8) is 0 Å². The van der Waals surface area contributed by atoms with Gasteiger partial charge in [-0.1, -0.05) is 45.2 Å². The minimum absolute atomic E-state index is 0.0999. The Labute approximate surface area is 126 Å². The average Bonchev–Trinajstić information content (AvgIpc) is 2.47. The van der Waals surface area contributed by atoms with Crippen molar-refractivity contribution in [2.75, 3.05) is 6.54 Å². The van der Waals surface area contributed by atoms with Crippen molar-refractivity contribution < 1.29 is 9.18 Å². The molecule has 0 spiro atoms. The zero-order chi connectivity index (χ0) is 15.3. The van der Waals surface area contributed by atoms with Gasteiger partial charge >= 0.3 is 6.03 Å². The van der Waals surface area contributed by atoms with Gasteiger partial charge in [0.05, 0.1) is 0 Å². The van der Waals surface area contributed by atoms with Gasteiger partial charge in [-0.15, -0.1) is 0 Å². The highest BCUT2D eigenvalue weighted by Crippen LogP contribution is 2.22. The third-order valence-corrected chi connectivity index (χ3v) is 4.26. The lowest BCUT2D eigenvalue weighted by Crippen LogP contribution is -2.46. The first kappa shape index (κ1) is 15.8. The molecule has 0 aromatic heterocycles. The van der Waals surface area contributed by atoms with Crippen LogP contribution in [-0.4, -0.2) is 18.6 Å². The lowest BCUT2D eigenvalue weighted by Gasteiger charge is -2.27. The molecule has 0 atom stereocenters. The Morgan fingerprint density at radius 2 is 1.81 bits per heavy atom. The number of amides is 2. The molecule has 0 aliphatic heterocycles. The highest BCUT2D eigenvalue weighted by atomic mass is 19.1. The van der Waals surface area contributed by atoms with Crippen molar-refractivity contribution >= 4 is 6.03 Å². The highest BCUT2D eigenvalue weighted by Gasteiger charge is 2.22. The van der Waals surface area contributed by atoms with Crippen LogP contribution >= 0.6 is 0 Å². The summed E-state index contributed by atoms with van der Waals surface area (Å²) < 4.78 is 13.0. The molecule has 21 heavy (non-hydrogen) atoms. The number of nitrogens with one attached hydrogen (secondary N) is 2. The lowest BCUT2D eigenvalue weighted by molar-refractivity contribution is 0.230. The van der Waals surface area contributed by atoms with E-state index in [0.717, 1.165) is 18.4 Å². The molecular weight excluding hydrogens is 267 g/mol. The molecule has 1 aromatic carbocycles. The first-order chi connectivity index (χ1) is 9.97. The summed E-state index contributed by atoms with van der Waals surface area (Å²) in [4.78, 5) is 12.0. The van der Waals surface area contributed by atoms with E-state index in [0.29, 0.717) is 12.6 Å². The second kappa shape index (κ2) is 6.92. The molecule has 1 aromatic rings. The Balaban J connectivity index is 1.82. The van der Waals surface area contributed by atoms with E-state index in [9.17, 15) is 9.18 Å². The first-order valence-corrected chi connectivity index (χ1v) is 7.78. The Morgan fingerprint density at radius 3 is 2.43 bits per heavy atom. The average molecular weight is 292 g/mol. The smallest absolute Gasteiger partial charge is 0.315 e. The number of halogens is 1. The van der Waals surface area contributed by atoms with Crippen LogP contribution in [0.3, 0.4) is 0 Å². The van der Waals surface area contributed by atoms with E-state index in [1.165, 1.54) is 31.4 Å². The largest absolute Gasteiger partial charge is 0.337 e. The van der Waals surface area contributed by atoms with Crippen molar-refractivity contribution in [1.82, 2.24) is 10.6 Å². The van der Waals surface area contributed by atoms with Crippen LogP contribution in [0.4, 0.5) is 9.18 Å². The molecule has 1 aliphatic carbocycles. The van der Waals surface area contributed by atoms with Crippen LogP contribution in [0.5, 0.6) is 0 Å². The van der Waals surface area contributed by atoms with Gasteiger partial charge in [0.1, 0.15) is 5.82 Å². The fraction of sp³-hybridized carbons (Fsp3) is 0.588. The SMILES string of the molecule is CC(C)(CNC(=O)NC1CCCCC1)c1ccc(F)cc1. The van der Waals surface area contributed by atoms with Crippen LogP contribution < -0.4 is 10.6 Å². The monoisotopic (exact) mass is 292 g/mol. The van der Waals surface area contributed by atoms with Crippen LogP contribution in [0.25, 0.3) is 0 Å². The van der Waals surface area contributed by atoms with Gasteiger partial charge in [0.15, 0.2) is 0 Å². The van der Waals surface area contributed by atoms with Crippen molar-refractivity contribution in [1.29, 1.82) is 0 Å². The number of hydrogen-bond donors (Lipinski definition) is 2. The maximum absolute atomic E-state index is 13.0. The van der Waals surface area contributed by atoms with Crippen LogP contribution in [0.2, 0.25) is 0 Å². The summed E-state index contributed by atoms with van der Waals surface area (Å²) in [6.45, 7) is 4.61. The van der Waals surface area contributed by atoms with Gasteiger partial charge < -0.3 is 10.6 Å². The molecule has 2 rings (SSSR count). The Kier molecular flexibility index (Phi) is 5.21. The molecule has 0 saturated heterocycles. The van der Waals surface area contributed by atoms with Crippen molar-refractivity contribution in [2.45, 2.75) is 57.4 Å². The number of carbonyl (C=O) groups excluding carboxylic acids is 1. The van der Waals surface area contributed by atoms with E-state index in [1.807, 2.05) is 13.8 Å². The zero-order valence-corrected chi connectivity index (χ0v) is 12.9. The van der Waals surface area contributed by atoms with E-state index >= 15 is 0 Å². The molecular formula is C17H25FN2O. The molecule has 1 saturated carbocycles. The topological polar surface area (TPSA) is 41.1 Å². The van der Waals surface area contributed by atoms with Gasteiger partial charge in [-0.2, -0.15) is 0 Å².